The fourth-order valence-electron chi connectivity index (χ4n) is 2.32. The van der Waals surface area contributed by atoms with Crippen molar-refractivity contribution in [3.05, 3.63) is 34.9 Å². The summed E-state index contributed by atoms with van der Waals surface area (Å²) >= 11 is 5.92. The summed E-state index contributed by atoms with van der Waals surface area (Å²) in [6, 6.07) is 7.83. The van der Waals surface area contributed by atoms with Crippen LogP contribution in [0.5, 0.6) is 0 Å². The van der Waals surface area contributed by atoms with Crippen molar-refractivity contribution in [1.29, 1.82) is 0 Å². The number of benzene rings is 1. The van der Waals surface area contributed by atoms with E-state index < -0.39 is 0 Å². The topological polar surface area (TPSA) is 35.2 Å². The molecule has 1 aromatic carbocycles. The second kappa shape index (κ2) is 5.67. The molecule has 1 aliphatic rings. The Morgan fingerprint density at radius 1 is 1.38 bits per heavy atom. The highest BCUT2D eigenvalue weighted by atomic mass is 35.5. The van der Waals surface area contributed by atoms with Gasteiger partial charge in [-0.25, -0.2) is 0 Å². The summed E-state index contributed by atoms with van der Waals surface area (Å²) in [5, 5.41) is 0.767. The van der Waals surface area contributed by atoms with Crippen LogP contribution in [0.4, 0.5) is 0 Å². The molecule has 1 saturated carbocycles. The van der Waals surface area contributed by atoms with Gasteiger partial charge in [-0.3, -0.25) is 0 Å². The first-order valence-corrected chi connectivity index (χ1v) is 6.23. The lowest BCUT2D eigenvalue weighted by Gasteiger charge is -2.18. The van der Waals surface area contributed by atoms with Gasteiger partial charge in [-0.15, -0.1) is 0 Å². The highest BCUT2D eigenvalue weighted by Gasteiger charge is 2.26. The van der Waals surface area contributed by atoms with Crippen molar-refractivity contribution in [3.63, 3.8) is 0 Å². The summed E-state index contributed by atoms with van der Waals surface area (Å²) in [4.78, 5) is 0. The number of halogens is 1. The van der Waals surface area contributed by atoms with Crippen LogP contribution in [0.1, 0.15) is 24.8 Å². The van der Waals surface area contributed by atoms with Crippen LogP contribution in [-0.2, 0) is 11.3 Å². The Hall–Kier alpha value is -0.570. The van der Waals surface area contributed by atoms with Gasteiger partial charge in [-0.1, -0.05) is 30.2 Å². The minimum Gasteiger partial charge on any atom is -0.373 e. The van der Waals surface area contributed by atoms with Crippen molar-refractivity contribution in [2.45, 2.75) is 32.0 Å². The smallest absolute Gasteiger partial charge is 0.0721 e. The third-order valence-electron chi connectivity index (χ3n) is 3.25. The van der Waals surface area contributed by atoms with Gasteiger partial charge in [0.2, 0.25) is 0 Å². The molecule has 16 heavy (non-hydrogen) atoms. The van der Waals surface area contributed by atoms with Crippen LogP contribution in [0.25, 0.3) is 0 Å². The van der Waals surface area contributed by atoms with E-state index in [0.29, 0.717) is 18.6 Å². The molecule has 3 heteroatoms. The molecule has 0 amide bonds. The minimum absolute atomic E-state index is 0.337. The average molecular weight is 240 g/mol. The zero-order valence-electron chi connectivity index (χ0n) is 9.36. The summed E-state index contributed by atoms with van der Waals surface area (Å²) in [6.07, 6.45) is 3.92. The highest BCUT2D eigenvalue weighted by Crippen LogP contribution is 2.28. The van der Waals surface area contributed by atoms with Crippen LogP contribution in [-0.4, -0.2) is 12.6 Å². The van der Waals surface area contributed by atoms with E-state index >= 15 is 0 Å². The number of hydrogen-bond donors (Lipinski definition) is 1. The largest absolute Gasteiger partial charge is 0.373 e. The van der Waals surface area contributed by atoms with E-state index in [1.54, 1.807) is 0 Å². The minimum atomic E-state index is 0.337. The SMILES string of the molecule is NCC1CCCC1OCc1cccc(Cl)c1. The Balaban J connectivity index is 1.87. The molecule has 0 aliphatic heterocycles. The van der Waals surface area contributed by atoms with Crippen molar-refractivity contribution in [2.24, 2.45) is 11.7 Å². The zero-order valence-corrected chi connectivity index (χ0v) is 10.1. The fourth-order valence-corrected chi connectivity index (χ4v) is 2.53. The fraction of sp³-hybridized carbons (Fsp3) is 0.538. The van der Waals surface area contributed by atoms with Crippen molar-refractivity contribution in [2.75, 3.05) is 6.54 Å². The standard InChI is InChI=1S/C13H18ClNO/c14-12-5-1-3-10(7-12)9-16-13-6-2-4-11(13)8-15/h1,3,5,7,11,13H,2,4,6,8-9,15H2. The maximum absolute atomic E-state index is 5.92. The summed E-state index contributed by atoms with van der Waals surface area (Å²) in [5.41, 5.74) is 6.85. The summed E-state index contributed by atoms with van der Waals surface area (Å²) in [7, 11) is 0. The van der Waals surface area contributed by atoms with Crippen LogP contribution >= 0.6 is 11.6 Å². The van der Waals surface area contributed by atoms with Gasteiger partial charge >= 0.3 is 0 Å². The monoisotopic (exact) mass is 239 g/mol. The molecule has 0 aromatic heterocycles. The molecule has 2 N–H and O–H groups in total. The lowest BCUT2D eigenvalue weighted by molar-refractivity contribution is 0.0182. The van der Waals surface area contributed by atoms with E-state index in [2.05, 4.69) is 0 Å². The van der Waals surface area contributed by atoms with Gasteiger partial charge in [0.05, 0.1) is 12.7 Å². The Morgan fingerprint density at radius 3 is 3.00 bits per heavy atom. The summed E-state index contributed by atoms with van der Waals surface area (Å²) in [5.74, 6) is 0.541. The Kier molecular flexibility index (Phi) is 4.22. The van der Waals surface area contributed by atoms with Crippen molar-refractivity contribution >= 4 is 11.6 Å². The lowest BCUT2D eigenvalue weighted by atomic mass is 10.1. The van der Waals surface area contributed by atoms with Gasteiger partial charge in [0, 0.05) is 5.02 Å². The van der Waals surface area contributed by atoms with Gasteiger partial charge < -0.3 is 10.5 Å². The quantitative estimate of drug-likeness (QED) is 0.877. The van der Waals surface area contributed by atoms with Crippen LogP contribution in [0.3, 0.4) is 0 Å². The zero-order chi connectivity index (χ0) is 11.4. The third-order valence-corrected chi connectivity index (χ3v) is 3.48. The van der Waals surface area contributed by atoms with Gasteiger partial charge in [0.15, 0.2) is 0 Å². The Bertz CT molecular complexity index is 342. The third kappa shape index (κ3) is 2.97. The molecular formula is C13H18ClNO. The molecule has 2 rings (SSSR count). The lowest BCUT2D eigenvalue weighted by Crippen LogP contribution is -2.25. The molecular weight excluding hydrogens is 222 g/mol. The number of ether oxygens (including phenoxy) is 1. The first-order chi connectivity index (χ1) is 7.79. The van der Waals surface area contributed by atoms with E-state index in [9.17, 15) is 0 Å². The molecule has 0 radical (unpaired) electrons. The van der Waals surface area contributed by atoms with Crippen LogP contribution < -0.4 is 5.73 Å². The molecule has 1 aromatic rings. The molecule has 0 bridgehead atoms. The van der Waals surface area contributed by atoms with E-state index in [1.807, 2.05) is 24.3 Å². The average Bonchev–Trinajstić information content (AvgIpc) is 2.74. The first kappa shape index (κ1) is 11.9. The van der Waals surface area contributed by atoms with Gasteiger partial charge in [-0.2, -0.15) is 0 Å². The number of rotatable bonds is 4. The van der Waals surface area contributed by atoms with Gasteiger partial charge in [0.25, 0.3) is 0 Å². The molecule has 2 atom stereocenters. The molecule has 2 nitrogen and oxygen atoms in total. The molecule has 0 heterocycles. The van der Waals surface area contributed by atoms with Crippen molar-refractivity contribution in [1.82, 2.24) is 0 Å². The molecule has 0 saturated heterocycles. The molecule has 2 unspecified atom stereocenters. The first-order valence-electron chi connectivity index (χ1n) is 5.85. The summed E-state index contributed by atoms with van der Waals surface area (Å²) < 4.78 is 5.91. The molecule has 1 fully saturated rings. The highest BCUT2D eigenvalue weighted by molar-refractivity contribution is 6.30. The number of hydrogen-bond acceptors (Lipinski definition) is 2. The summed E-state index contributed by atoms with van der Waals surface area (Å²) in [6.45, 7) is 1.38. The van der Waals surface area contributed by atoms with Gasteiger partial charge in [-0.05, 0) is 43.0 Å². The van der Waals surface area contributed by atoms with E-state index in [1.165, 1.54) is 12.8 Å². The van der Waals surface area contributed by atoms with Crippen molar-refractivity contribution in [3.8, 4) is 0 Å². The normalized spacial score (nSPS) is 24.9. The second-order valence-electron chi connectivity index (χ2n) is 4.41. The van der Waals surface area contributed by atoms with E-state index in [0.717, 1.165) is 23.6 Å². The molecule has 1 aliphatic carbocycles. The van der Waals surface area contributed by atoms with Crippen LogP contribution in [0, 0.1) is 5.92 Å². The Morgan fingerprint density at radius 2 is 2.25 bits per heavy atom. The predicted octanol–water partition coefficient (Wildman–Crippen LogP) is 2.98. The van der Waals surface area contributed by atoms with E-state index in [4.69, 9.17) is 22.1 Å². The Labute approximate surface area is 102 Å². The van der Waals surface area contributed by atoms with Crippen molar-refractivity contribution < 1.29 is 4.74 Å². The van der Waals surface area contributed by atoms with Crippen LogP contribution in [0.2, 0.25) is 5.02 Å². The van der Waals surface area contributed by atoms with Gasteiger partial charge in [0.1, 0.15) is 0 Å². The molecule has 88 valence electrons. The maximum Gasteiger partial charge on any atom is 0.0721 e. The predicted molar refractivity (Wildman–Crippen MR) is 66.4 cm³/mol. The van der Waals surface area contributed by atoms with Crippen LogP contribution in [0.15, 0.2) is 24.3 Å². The molecule has 0 spiro atoms. The maximum atomic E-state index is 5.92. The second-order valence-corrected chi connectivity index (χ2v) is 4.84. The van der Waals surface area contributed by atoms with E-state index in [-0.39, 0.29) is 0 Å². The number of nitrogens with two attached hydrogens (primary N) is 1.